The quantitative estimate of drug-likeness (QED) is 0.506. The fraction of sp³-hybridized carbons (Fsp3) is 0.448. The first-order chi connectivity index (χ1) is 18.4. The van der Waals surface area contributed by atoms with Crippen LogP contribution in [-0.2, 0) is 16.1 Å². The Morgan fingerprint density at radius 1 is 1.21 bits per heavy atom. The van der Waals surface area contributed by atoms with Gasteiger partial charge in [-0.1, -0.05) is 24.0 Å². The maximum Gasteiger partial charge on any atom is 0.408 e. The van der Waals surface area contributed by atoms with Crippen molar-refractivity contribution in [3.05, 3.63) is 45.7 Å². The summed E-state index contributed by atoms with van der Waals surface area (Å²) in [5, 5.41) is 12.4. The van der Waals surface area contributed by atoms with E-state index in [1.165, 1.54) is 0 Å². The molecule has 5 rings (SSSR count). The summed E-state index contributed by atoms with van der Waals surface area (Å²) in [4.78, 5) is 19.1. The maximum atomic E-state index is 15.5. The summed E-state index contributed by atoms with van der Waals surface area (Å²) < 4.78 is 28.6. The molecule has 39 heavy (non-hydrogen) atoms. The van der Waals surface area contributed by atoms with Crippen LogP contribution in [0.2, 0.25) is 0 Å². The van der Waals surface area contributed by atoms with E-state index in [2.05, 4.69) is 27.4 Å². The highest BCUT2D eigenvalue weighted by atomic mass is 19.1. The summed E-state index contributed by atoms with van der Waals surface area (Å²) in [6, 6.07) is 5.79. The highest BCUT2D eigenvalue weighted by Gasteiger charge is 2.26. The molecule has 1 N–H and O–H groups in total. The molecule has 2 aliphatic rings. The topological polar surface area (TPSA) is 93.9 Å². The summed E-state index contributed by atoms with van der Waals surface area (Å²) in [5.74, 6) is 7.75. The van der Waals surface area contributed by atoms with Crippen molar-refractivity contribution in [3.63, 3.8) is 0 Å². The predicted molar refractivity (Wildman–Crippen MR) is 146 cm³/mol. The van der Waals surface area contributed by atoms with Crippen molar-refractivity contribution in [2.75, 3.05) is 18.1 Å². The van der Waals surface area contributed by atoms with Crippen molar-refractivity contribution in [1.82, 2.24) is 24.9 Å². The van der Waals surface area contributed by atoms with Crippen molar-refractivity contribution in [1.29, 1.82) is 0 Å². The summed E-state index contributed by atoms with van der Waals surface area (Å²) in [6.45, 7) is 12.1. The number of nitrogens with zero attached hydrogens (tertiary/aromatic N) is 5. The Bertz CT molecular complexity index is 1640. The largest absolute Gasteiger partial charge is 0.444 e. The zero-order chi connectivity index (χ0) is 27.9. The molecule has 204 valence electrons. The van der Waals surface area contributed by atoms with Crippen LogP contribution in [0.25, 0.3) is 17.7 Å². The lowest BCUT2D eigenvalue weighted by Gasteiger charge is -2.25. The lowest BCUT2D eigenvalue weighted by Crippen LogP contribution is -2.44. The second-order valence-corrected chi connectivity index (χ2v) is 11.2. The third-order valence-corrected chi connectivity index (χ3v) is 6.43. The minimum atomic E-state index is -0.846. The van der Waals surface area contributed by atoms with Crippen molar-refractivity contribution in [2.45, 2.75) is 72.1 Å². The number of anilines is 2. The third kappa shape index (κ3) is 5.45. The number of aromatic nitrogens is 4. The molecular formula is C29H33FN6O3. The van der Waals surface area contributed by atoms with Gasteiger partial charge >= 0.3 is 6.09 Å². The van der Waals surface area contributed by atoms with Gasteiger partial charge in [0.25, 0.3) is 5.78 Å². The standard InChI is InChI=1S/C29H33FN6O3/c1-18-33-34-26-31-25(24-21(30)10-8-12-23(24)36(18)26)35-15-16-38-17-20-19(9-7-11-22(20)35)13-14-29(5,6)32-27(37)39-28(2,3)4/h7,9,11-12H,8,10,15-17H2,1-6H3,(H,32,37). The monoisotopic (exact) mass is 532 g/mol. The van der Waals surface area contributed by atoms with Gasteiger partial charge in [0.05, 0.1) is 29.3 Å². The van der Waals surface area contributed by atoms with Gasteiger partial charge < -0.3 is 19.7 Å². The Labute approximate surface area is 226 Å². The Morgan fingerprint density at radius 3 is 2.77 bits per heavy atom. The van der Waals surface area contributed by atoms with E-state index in [0.29, 0.717) is 55.2 Å². The van der Waals surface area contributed by atoms with E-state index >= 15 is 4.39 Å². The predicted octanol–water partition coefficient (Wildman–Crippen LogP) is 3.41. The summed E-state index contributed by atoms with van der Waals surface area (Å²) in [7, 11) is 0. The van der Waals surface area contributed by atoms with Gasteiger partial charge in [0.15, 0.2) is 0 Å². The number of benzene rings is 1. The van der Waals surface area contributed by atoms with Gasteiger partial charge in [-0.05, 0) is 60.1 Å². The van der Waals surface area contributed by atoms with Crippen LogP contribution in [0.1, 0.15) is 64.4 Å². The molecule has 1 aromatic carbocycles. The molecule has 0 atom stereocenters. The normalized spacial score (nSPS) is 15.5. The molecule has 0 bridgehead atoms. The first kappa shape index (κ1) is 26.6. The van der Waals surface area contributed by atoms with Gasteiger partial charge in [-0.3, -0.25) is 4.40 Å². The molecule has 0 saturated carbocycles. The van der Waals surface area contributed by atoms with Crippen LogP contribution in [0.4, 0.5) is 20.7 Å². The van der Waals surface area contributed by atoms with Crippen LogP contribution in [0.15, 0.2) is 18.2 Å². The molecule has 1 amide bonds. The van der Waals surface area contributed by atoms with E-state index in [4.69, 9.17) is 14.5 Å². The number of carbonyl (C=O) groups excluding carboxylic acids is 1. The fourth-order valence-electron chi connectivity index (χ4n) is 4.77. The van der Waals surface area contributed by atoms with Crippen LogP contribution in [0.5, 0.6) is 0 Å². The molecule has 0 radical (unpaired) electrons. The minimum absolute atomic E-state index is 0.206. The van der Waals surface area contributed by atoms with Gasteiger partial charge in [0.1, 0.15) is 23.1 Å². The van der Waals surface area contributed by atoms with E-state index in [-0.39, 0.29) is 5.83 Å². The summed E-state index contributed by atoms with van der Waals surface area (Å²) >= 11 is 0. The van der Waals surface area contributed by atoms with Crippen molar-refractivity contribution >= 4 is 35.3 Å². The number of rotatable bonds is 2. The lowest BCUT2D eigenvalue weighted by atomic mass is 10.0. The van der Waals surface area contributed by atoms with Crippen LogP contribution >= 0.6 is 0 Å². The van der Waals surface area contributed by atoms with Crippen molar-refractivity contribution in [3.8, 4) is 11.8 Å². The number of carbonyl (C=O) groups is 1. The molecule has 1 aliphatic heterocycles. The molecule has 10 heteroatoms. The van der Waals surface area contributed by atoms with Crippen LogP contribution in [0.3, 0.4) is 0 Å². The van der Waals surface area contributed by atoms with Gasteiger partial charge in [-0.15, -0.1) is 10.2 Å². The number of nitrogens with one attached hydrogen (secondary N) is 1. The third-order valence-electron chi connectivity index (χ3n) is 6.43. The zero-order valence-corrected chi connectivity index (χ0v) is 23.2. The molecule has 3 aromatic rings. The Balaban J connectivity index is 1.58. The molecule has 0 spiro atoms. The first-order valence-corrected chi connectivity index (χ1v) is 13.1. The minimum Gasteiger partial charge on any atom is -0.444 e. The Morgan fingerprint density at radius 2 is 2.00 bits per heavy atom. The van der Waals surface area contributed by atoms with E-state index in [1.54, 1.807) is 4.40 Å². The second kappa shape index (κ2) is 9.97. The molecule has 2 aromatic heterocycles. The first-order valence-electron chi connectivity index (χ1n) is 13.1. The van der Waals surface area contributed by atoms with Gasteiger partial charge in [-0.25, -0.2) is 9.18 Å². The molecule has 1 aliphatic carbocycles. The van der Waals surface area contributed by atoms with Gasteiger partial charge in [-0.2, -0.15) is 4.98 Å². The lowest BCUT2D eigenvalue weighted by molar-refractivity contribution is 0.0494. The highest BCUT2D eigenvalue weighted by molar-refractivity contribution is 5.72. The number of aryl methyl sites for hydroxylation is 1. The Hall–Kier alpha value is -3.97. The van der Waals surface area contributed by atoms with E-state index in [0.717, 1.165) is 22.2 Å². The van der Waals surface area contributed by atoms with E-state index in [1.807, 2.05) is 70.7 Å². The molecular weight excluding hydrogens is 499 g/mol. The Kier molecular flexibility index (Phi) is 6.81. The maximum absolute atomic E-state index is 15.5. The van der Waals surface area contributed by atoms with Gasteiger partial charge in [0.2, 0.25) is 0 Å². The number of ether oxygens (including phenoxy) is 2. The van der Waals surface area contributed by atoms with Crippen molar-refractivity contribution < 1.29 is 18.7 Å². The SMILES string of the molecule is Cc1nnc2nc(N3CCOCc4c(C#CC(C)(C)NC(=O)OC(C)(C)C)cccc43)c3c(n12)=CCCC=3F. The molecule has 0 saturated heterocycles. The second-order valence-electron chi connectivity index (χ2n) is 11.2. The van der Waals surface area contributed by atoms with E-state index < -0.39 is 17.2 Å². The van der Waals surface area contributed by atoms with Crippen LogP contribution < -0.4 is 20.8 Å². The molecule has 0 fully saturated rings. The molecule has 3 heterocycles. The van der Waals surface area contributed by atoms with Crippen molar-refractivity contribution in [2.24, 2.45) is 0 Å². The summed E-state index contributed by atoms with van der Waals surface area (Å²) in [6.07, 6.45) is 2.40. The number of halogens is 1. The zero-order valence-electron chi connectivity index (χ0n) is 23.2. The number of hydrogen-bond donors (Lipinski definition) is 1. The van der Waals surface area contributed by atoms with Crippen LogP contribution in [-0.4, -0.2) is 50.0 Å². The van der Waals surface area contributed by atoms with Crippen LogP contribution in [0, 0.1) is 18.8 Å². The molecule has 9 nitrogen and oxygen atoms in total. The number of fused-ring (bicyclic) bond motifs is 4. The average molecular weight is 533 g/mol. The number of hydrogen-bond acceptors (Lipinski definition) is 7. The van der Waals surface area contributed by atoms with E-state index in [9.17, 15) is 4.79 Å². The average Bonchev–Trinajstić information content (AvgIpc) is 3.08. The van der Waals surface area contributed by atoms with Gasteiger partial charge in [0, 0.05) is 29.8 Å². The fourth-order valence-corrected chi connectivity index (χ4v) is 4.77. The highest BCUT2D eigenvalue weighted by Crippen LogP contribution is 2.31. The number of alkyl carbamates (subject to hydrolysis) is 1. The summed E-state index contributed by atoms with van der Waals surface area (Å²) in [5.41, 5.74) is 1.00. The number of amides is 1. The molecule has 0 unspecified atom stereocenters. The smallest absolute Gasteiger partial charge is 0.408 e.